The third-order valence-corrected chi connectivity index (χ3v) is 3.92. The van der Waals surface area contributed by atoms with Gasteiger partial charge in [-0.2, -0.15) is 0 Å². The van der Waals surface area contributed by atoms with Gasteiger partial charge in [0.25, 0.3) is 5.91 Å². The van der Waals surface area contributed by atoms with Crippen LogP contribution in [0.5, 0.6) is 11.5 Å². The third-order valence-electron chi connectivity index (χ3n) is 3.92. The molecule has 1 amide bonds. The second-order valence-electron chi connectivity index (χ2n) is 5.49. The number of hydrogen-bond donors (Lipinski definition) is 1. The first-order chi connectivity index (χ1) is 11.3. The van der Waals surface area contributed by atoms with Gasteiger partial charge in [-0.05, 0) is 31.0 Å². The van der Waals surface area contributed by atoms with E-state index in [1.54, 1.807) is 30.6 Å². The zero-order valence-electron chi connectivity index (χ0n) is 12.5. The lowest BCUT2D eigenvalue weighted by atomic mass is 10.2. The molecule has 0 bridgehead atoms. The summed E-state index contributed by atoms with van der Waals surface area (Å²) in [6.07, 6.45) is 5.61. The Labute approximate surface area is 133 Å². The molecule has 4 rings (SSSR count). The van der Waals surface area contributed by atoms with E-state index in [9.17, 15) is 4.79 Å². The molecule has 0 saturated carbocycles. The maximum Gasteiger partial charge on any atom is 0.255 e. The summed E-state index contributed by atoms with van der Waals surface area (Å²) in [7, 11) is 0. The van der Waals surface area contributed by atoms with Crippen LogP contribution in [0.15, 0.2) is 30.6 Å². The molecule has 1 saturated heterocycles. The highest BCUT2D eigenvalue weighted by Crippen LogP contribution is 2.32. The van der Waals surface area contributed by atoms with Crippen molar-refractivity contribution < 1.29 is 14.3 Å². The lowest BCUT2D eigenvalue weighted by Gasteiger charge is -2.14. The predicted molar refractivity (Wildman–Crippen MR) is 84.0 cm³/mol. The molecule has 0 spiro atoms. The van der Waals surface area contributed by atoms with Crippen LogP contribution in [0, 0.1) is 0 Å². The van der Waals surface area contributed by atoms with Gasteiger partial charge in [-0.1, -0.05) is 0 Å². The smallest absolute Gasteiger partial charge is 0.255 e. The number of ether oxygens (including phenoxy) is 2. The zero-order valence-corrected chi connectivity index (χ0v) is 12.5. The Morgan fingerprint density at radius 3 is 2.61 bits per heavy atom. The number of rotatable bonds is 3. The molecule has 1 fully saturated rings. The highest BCUT2D eigenvalue weighted by molar-refractivity contribution is 6.04. The van der Waals surface area contributed by atoms with E-state index in [2.05, 4.69) is 20.2 Å². The molecule has 2 aliphatic heterocycles. The Hall–Kier alpha value is -2.83. The monoisotopic (exact) mass is 312 g/mol. The number of nitrogens with one attached hydrogen (secondary N) is 1. The molecule has 0 radical (unpaired) electrons. The van der Waals surface area contributed by atoms with Gasteiger partial charge < -0.3 is 19.7 Å². The van der Waals surface area contributed by atoms with Crippen LogP contribution in [-0.2, 0) is 0 Å². The SMILES string of the molecule is O=C(Nc1cnc(N2CCCC2)nc1)c1ccc2c(c1)OCO2. The van der Waals surface area contributed by atoms with Crippen LogP contribution in [-0.4, -0.2) is 35.8 Å². The molecule has 118 valence electrons. The quantitative estimate of drug-likeness (QED) is 0.935. The van der Waals surface area contributed by atoms with E-state index in [0.29, 0.717) is 28.7 Å². The van der Waals surface area contributed by atoms with Crippen molar-refractivity contribution in [3.05, 3.63) is 36.2 Å². The van der Waals surface area contributed by atoms with E-state index in [4.69, 9.17) is 9.47 Å². The molecular weight excluding hydrogens is 296 g/mol. The van der Waals surface area contributed by atoms with Gasteiger partial charge in [0.05, 0.1) is 18.1 Å². The van der Waals surface area contributed by atoms with Crippen molar-refractivity contribution in [2.24, 2.45) is 0 Å². The van der Waals surface area contributed by atoms with E-state index in [1.807, 2.05) is 0 Å². The zero-order chi connectivity index (χ0) is 15.6. The Kier molecular flexibility index (Phi) is 3.45. The first kappa shape index (κ1) is 13.8. The van der Waals surface area contributed by atoms with Crippen LogP contribution in [0.3, 0.4) is 0 Å². The van der Waals surface area contributed by atoms with Crippen LogP contribution >= 0.6 is 0 Å². The molecule has 0 unspecified atom stereocenters. The molecule has 2 aromatic rings. The van der Waals surface area contributed by atoms with E-state index < -0.39 is 0 Å². The standard InChI is InChI=1S/C16H16N4O3/c21-15(11-3-4-13-14(7-11)23-10-22-13)19-12-8-17-16(18-9-12)20-5-1-2-6-20/h3-4,7-9H,1-2,5-6,10H2,(H,19,21). The van der Waals surface area contributed by atoms with Crippen molar-refractivity contribution in [3.8, 4) is 11.5 Å². The van der Waals surface area contributed by atoms with Crippen molar-refractivity contribution >= 4 is 17.5 Å². The maximum absolute atomic E-state index is 12.3. The summed E-state index contributed by atoms with van der Waals surface area (Å²) in [4.78, 5) is 23.1. The minimum atomic E-state index is -0.235. The summed E-state index contributed by atoms with van der Waals surface area (Å²) in [5.41, 5.74) is 1.06. The van der Waals surface area contributed by atoms with Crippen LogP contribution in [0.1, 0.15) is 23.2 Å². The maximum atomic E-state index is 12.3. The van der Waals surface area contributed by atoms with E-state index in [1.165, 1.54) is 12.8 Å². The Bertz CT molecular complexity index is 727. The van der Waals surface area contributed by atoms with E-state index in [0.717, 1.165) is 13.1 Å². The average Bonchev–Trinajstić information content (AvgIpc) is 3.26. The van der Waals surface area contributed by atoms with Gasteiger partial charge in [-0.15, -0.1) is 0 Å². The van der Waals surface area contributed by atoms with E-state index in [-0.39, 0.29) is 12.7 Å². The van der Waals surface area contributed by atoms with Crippen molar-refractivity contribution in [1.82, 2.24) is 9.97 Å². The number of benzene rings is 1. The summed E-state index contributed by atoms with van der Waals surface area (Å²) in [5, 5.41) is 2.79. The van der Waals surface area contributed by atoms with Crippen molar-refractivity contribution in [2.45, 2.75) is 12.8 Å². The summed E-state index contributed by atoms with van der Waals surface area (Å²) >= 11 is 0. The largest absolute Gasteiger partial charge is 0.454 e. The Morgan fingerprint density at radius 1 is 1.09 bits per heavy atom. The van der Waals surface area contributed by atoms with Crippen molar-refractivity contribution in [2.75, 3.05) is 30.1 Å². The Morgan fingerprint density at radius 2 is 1.83 bits per heavy atom. The predicted octanol–water partition coefficient (Wildman–Crippen LogP) is 2.06. The van der Waals surface area contributed by atoms with Gasteiger partial charge in [0.1, 0.15) is 0 Å². The molecule has 1 aromatic carbocycles. The van der Waals surface area contributed by atoms with Gasteiger partial charge in [0, 0.05) is 18.7 Å². The third kappa shape index (κ3) is 2.77. The summed E-state index contributed by atoms with van der Waals surface area (Å²) in [6, 6.07) is 5.09. The number of anilines is 2. The average molecular weight is 312 g/mol. The Balaban J connectivity index is 1.46. The minimum absolute atomic E-state index is 0.187. The fourth-order valence-corrected chi connectivity index (χ4v) is 2.71. The number of fused-ring (bicyclic) bond motifs is 1. The highest BCUT2D eigenvalue weighted by Gasteiger charge is 2.17. The molecular formula is C16H16N4O3. The second kappa shape index (κ2) is 5.75. The fourth-order valence-electron chi connectivity index (χ4n) is 2.71. The van der Waals surface area contributed by atoms with Gasteiger partial charge in [-0.3, -0.25) is 4.79 Å². The molecule has 2 aliphatic rings. The number of hydrogen-bond acceptors (Lipinski definition) is 6. The number of nitrogens with zero attached hydrogens (tertiary/aromatic N) is 3. The molecule has 0 aliphatic carbocycles. The number of carbonyl (C=O) groups excluding carboxylic acids is 1. The molecule has 23 heavy (non-hydrogen) atoms. The summed E-state index contributed by atoms with van der Waals surface area (Å²) in [6.45, 7) is 2.16. The van der Waals surface area contributed by atoms with Crippen molar-refractivity contribution in [3.63, 3.8) is 0 Å². The highest BCUT2D eigenvalue weighted by atomic mass is 16.7. The van der Waals surface area contributed by atoms with Crippen LogP contribution < -0.4 is 19.7 Å². The van der Waals surface area contributed by atoms with Crippen LogP contribution in [0.25, 0.3) is 0 Å². The summed E-state index contributed by atoms with van der Waals surface area (Å²) < 4.78 is 10.5. The van der Waals surface area contributed by atoms with Gasteiger partial charge in [0.2, 0.25) is 12.7 Å². The number of amides is 1. The minimum Gasteiger partial charge on any atom is -0.454 e. The lowest BCUT2D eigenvalue weighted by Crippen LogP contribution is -2.20. The first-order valence-corrected chi connectivity index (χ1v) is 7.57. The van der Waals surface area contributed by atoms with Crippen molar-refractivity contribution in [1.29, 1.82) is 0 Å². The topological polar surface area (TPSA) is 76.6 Å². The van der Waals surface area contributed by atoms with Gasteiger partial charge in [0.15, 0.2) is 11.5 Å². The number of carbonyl (C=O) groups is 1. The van der Waals surface area contributed by atoms with Crippen LogP contribution in [0.2, 0.25) is 0 Å². The molecule has 7 nitrogen and oxygen atoms in total. The number of aromatic nitrogens is 2. The summed E-state index contributed by atoms with van der Waals surface area (Å²) in [5.74, 6) is 1.71. The molecule has 3 heterocycles. The molecule has 0 atom stereocenters. The molecule has 1 N–H and O–H groups in total. The van der Waals surface area contributed by atoms with Crippen LogP contribution in [0.4, 0.5) is 11.6 Å². The fraction of sp³-hybridized carbons (Fsp3) is 0.312. The van der Waals surface area contributed by atoms with Gasteiger partial charge in [-0.25, -0.2) is 9.97 Å². The lowest BCUT2D eigenvalue weighted by molar-refractivity contribution is 0.102. The van der Waals surface area contributed by atoms with Gasteiger partial charge >= 0.3 is 0 Å². The normalized spacial score (nSPS) is 15.7. The van der Waals surface area contributed by atoms with E-state index >= 15 is 0 Å². The molecule has 7 heteroatoms. The first-order valence-electron chi connectivity index (χ1n) is 7.57. The second-order valence-corrected chi connectivity index (χ2v) is 5.49. The molecule has 1 aromatic heterocycles.